The number of anilines is 1. The van der Waals surface area contributed by atoms with Gasteiger partial charge in [0.05, 0.1) is 5.56 Å². The second-order valence-electron chi connectivity index (χ2n) is 7.47. The molecule has 30 heavy (non-hydrogen) atoms. The Hall–Kier alpha value is -3.45. The molecular weight excluding hydrogens is 378 g/mol. The number of carbonyl (C=O) groups is 1. The van der Waals surface area contributed by atoms with Crippen molar-refractivity contribution in [1.29, 1.82) is 0 Å². The molecule has 4 rings (SSSR count). The number of rotatable bonds is 8. The minimum atomic E-state index is -0.176. The van der Waals surface area contributed by atoms with Gasteiger partial charge in [0.15, 0.2) is 18.1 Å². The van der Waals surface area contributed by atoms with Crippen LogP contribution in [0.15, 0.2) is 67.0 Å². The fourth-order valence-corrected chi connectivity index (χ4v) is 3.14. The van der Waals surface area contributed by atoms with E-state index in [0.717, 1.165) is 35.7 Å². The lowest BCUT2D eigenvalue weighted by atomic mass is 10.1. The number of aryl methyl sites for hydroxylation is 1. The molecule has 7 heteroatoms. The molecule has 1 saturated heterocycles. The Morgan fingerprint density at radius 2 is 2.17 bits per heavy atom. The van der Waals surface area contributed by atoms with Gasteiger partial charge in [-0.15, -0.1) is 0 Å². The van der Waals surface area contributed by atoms with Crippen molar-refractivity contribution >= 4 is 17.8 Å². The zero-order valence-electron chi connectivity index (χ0n) is 17.1. The molecule has 2 aliphatic heterocycles. The molecule has 0 aliphatic carbocycles. The molecule has 0 bridgehead atoms. The van der Waals surface area contributed by atoms with Crippen LogP contribution in [0.3, 0.4) is 0 Å². The maximum atomic E-state index is 12.4. The van der Waals surface area contributed by atoms with Crippen LogP contribution in [0.4, 0.5) is 5.69 Å². The number of ether oxygens (including phenoxy) is 1. The normalized spacial score (nSPS) is 16.7. The van der Waals surface area contributed by atoms with E-state index in [1.54, 1.807) is 18.6 Å². The van der Waals surface area contributed by atoms with E-state index in [2.05, 4.69) is 37.9 Å². The maximum Gasteiger partial charge on any atom is 0.257 e. The Morgan fingerprint density at radius 1 is 1.33 bits per heavy atom. The average Bonchev–Trinajstić information content (AvgIpc) is 2.67. The first kappa shape index (κ1) is 19.8. The van der Waals surface area contributed by atoms with Gasteiger partial charge in [0.25, 0.3) is 5.91 Å². The van der Waals surface area contributed by atoms with E-state index in [9.17, 15) is 4.79 Å². The third-order valence-electron chi connectivity index (χ3n) is 5.02. The van der Waals surface area contributed by atoms with Crippen molar-refractivity contribution in [1.82, 2.24) is 10.3 Å². The Balaban J connectivity index is 1.27. The van der Waals surface area contributed by atoms with E-state index >= 15 is 0 Å². The summed E-state index contributed by atoms with van der Waals surface area (Å²) in [5.41, 5.74) is 4.29. The highest BCUT2D eigenvalue weighted by atomic mass is 16.5. The number of hydrogen-bond acceptors (Lipinski definition) is 4. The molecule has 2 aromatic rings. The zero-order chi connectivity index (χ0) is 20.9. The van der Waals surface area contributed by atoms with Crippen LogP contribution in [0.1, 0.15) is 34.5 Å². The molecule has 0 saturated carbocycles. The SMILES string of the molecule is Cc1cncc(C(=O)Nc2cccc(C(C)[N-]C=CNC3=C[N+](C4COC4)=C3)c2)c1. The van der Waals surface area contributed by atoms with Crippen molar-refractivity contribution in [3.63, 3.8) is 0 Å². The summed E-state index contributed by atoms with van der Waals surface area (Å²) in [5.74, 6) is -0.176. The predicted molar refractivity (Wildman–Crippen MR) is 116 cm³/mol. The minimum Gasteiger partial charge on any atom is -0.683 e. The monoisotopic (exact) mass is 403 g/mol. The van der Waals surface area contributed by atoms with Gasteiger partial charge < -0.3 is 20.7 Å². The van der Waals surface area contributed by atoms with Crippen molar-refractivity contribution < 1.29 is 14.1 Å². The Labute approximate surface area is 176 Å². The quantitative estimate of drug-likeness (QED) is 0.662. The van der Waals surface area contributed by atoms with Crippen LogP contribution >= 0.6 is 0 Å². The topological polar surface area (TPSA) is 80.4 Å². The number of benzene rings is 1. The highest BCUT2D eigenvalue weighted by Gasteiger charge is 2.32. The van der Waals surface area contributed by atoms with E-state index in [4.69, 9.17) is 4.74 Å². The molecule has 7 nitrogen and oxygen atoms in total. The second-order valence-corrected chi connectivity index (χ2v) is 7.47. The highest BCUT2D eigenvalue weighted by Crippen LogP contribution is 2.24. The van der Waals surface area contributed by atoms with Crippen LogP contribution in [0.25, 0.3) is 5.32 Å². The summed E-state index contributed by atoms with van der Waals surface area (Å²) in [5, 5.41) is 10.7. The molecule has 2 aliphatic rings. The Kier molecular flexibility index (Phi) is 5.90. The molecule has 1 aromatic heterocycles. The lowest BCUT2D eigenvalue weighted by Gasteiger charge is -2.27. The van der Waals surface area contributed by atoms with Gasteiger partial charge in [0.1, 0.15) is 13.2 Å². The number of carbonyl (C=O) groups excluding carboxylic acids is 1. The number of pyridine rings is 1. The Bertz CT molecular complexity index is 1020. The summed E-state index contributed by atoms with van der Waals surface area (Å²) in [4.78, 5) is 16.5. The molecule has 1 fully saturated rings. The lowest BCUT2D eigenvalue weighted by molar-refractivity contribution is -0.538. The first-order chi connectivity index (χ1) is 14.6. The summed E-state index contributed by atoms with van der Waals surface area (Å²) < 4.78 is 7.34. The fourth-order valence-electron chi connectivity index (χ4n) is 3.14. The molecule has 154 valence electrons. The number of nitrogens with zero attached hydrogens (tertiary/aromatic N) is 3. The molecule has 1 aromatic carbocycles. The third-order valence-corrected chi connectivity index (χ3v) is 5.02. The van der Waals surface area contributed by atoms with Gasteiger partial charge in [0.2, 0.25) is 6.04 Å². The fraction of sp³-hybridized carbons (Fsp3) is 0.261. The number of amides is 1. The van der Waals surface area contributed by atoms with Crippen LogP contribution in [0.2, 0.25) is 0 Å². The van der Waals surface area contributed by atoms with Gasteiger partial charge in [-0.2, -0.15) is 10.8 Å². The first-order valence-corrected chi connectivity index (χ1v) is 9.95. The van der Waals surface area contributed by atoms with Gasteiger partial charge >= 0.3 is 0 Å². The summed E-state index contributed by atoms with van der Waals surface area (Å²) in [6.07, 6.45) is 11.0. The number of aromatic nitrogens is 1. The maximum absolute atomic E-state index is 12.4. The van der Waals surface area contributed by atoms with Crippen molar-refractivity contribution in [3.8, 4) is 0 Å². The van der Waals surface area contributed by atoms with Crippen LogP contribution in [-0.2, 0) is 4.74 Å². The summed E-state index contributed by atoms with van der Waals surface area (Å²) in [6.45, 7) is 5.52. The van der Waals surface area contributed by atoms with Gasteiger partial charge in [0, 0.05) is 18.1 Å². The van der Waals surface area contributed by atoms with Crippen molar-refractivity contribution in [3.05, 3.63) is 89.0 Å². The van der Waals surface area contributed by atoms with Crippen LogP contribution in [0.5, 0.6) is 0 Å². The summed E-state index contributed by atoms with van der Waals surface area (Å²) in [6, 6.07) is 9.99. The van der Waals surface area contributed by atoms with Gasteiger partial charge in [-0.1, -0.05) is 30.7 Å². The smallest absolute Gasteiger partial charge is 0.257 e. The largest absolute Gasteiger partial charge is 0.683 e. The highest BCUT2D eigenvalue weighted by molar-refractivity contribution is 6.04. The van der Waals surface area contributed by atoms with Gasteiger partial charge in [-0.25, -0.2) is 0 Å². The summed E-state index contributed by atoms with van der Waals surface area (Å²) >= 11 is 0. The molecule has 1 unspecified atom stereocenters. The molecule has 1 amide bonds. The first-order valence-electron chi connectivity index (χ1n) is 9.95. The molecule has 0 spiro atoms. The minimum absolute atomic E-state index is 0.0384. The average molecular weight is 403 g/mol. The lowest BCUT2D eigenvalue weighted by Crippen LogP contribution is -2.45. The Morgan fingerprint density at radius 3 is 2.90 bits per heavy atom. The molecule has 2 N–H and O–H groups in total. The third kappa shape index (κ3) is 4.75. The standard InChI is InChI=1S/C23H25N5O2/c1-16-8-19(11-24-10-16)23(29)27-20-5-3-4-18(9-20)17(2)25-6-7-26-21-12-28(13-21)22-14-30-15-22/h3-13,17,22,26H,14-15H2,1-2H3,(H,27,29). The van der Waals surface area contributed by atoms with E-state index in [0.29, 0.717) is 11.6 Å². The molecule has 1 atom stereocenters. The van der Waals surface area contributed by atoms with Gasteiger partial charge in [-0.05, 0) is 36.9 Å². The number of allylic oxidation sites excluding steroid dienone is 1. The molecule has 0 radical (unpaired) electrons. The van der Waals surface area contributed by atoms with E-state index < -0.39 is 0 Å². The van der Waals surface area contributed by atoms with Crippen LogP contribution in [-0.4, -0.2) is 40.9 Å². The number of nitrogens with one attached hydrogen (secondary N) is 2. The summed E-state index contributed by atoms with van der Waals surface area (Å²) in [7, 11) is 0. The van der Waals surface area contributed by atoms with E-state index in [1.807, 2.05) is 50.4 Å². The van der Waals surface area contributed by atoms with E-state index in [-0.39, 0.29) is 11.9 Å². The van der Waals surface area contributed by atoms with Crippen molar-refractivity contribution in [2.75, 3.05) is 18.5 Å². The van der Waals surface area contributed by atoms with Crippen LogP contribution in [0, 0.1) is 6.92 Å². The molecule has 3 heterocycles. The van der Waals surface area contributed by atoms with E-state index in [1.165, 1.54) is 0 Å². The van der Waals surface area contributed by atoms with Gasteiger partial charge in [-0.3, -0.25) is 9.78 Å². The number of hydrogen-bond donors (Lipinski definition) is 2. The zero-order valence-corrected chi connectivity index (χ0v) is 17.1. The van der Waals surface area contributed by atoms with Crippen LogP contribution < -0.4 is 10.6 Å². The van der Waals surface area contributed by atoms with Crippen molar-refractivity contribution in [2.24, 2.45) is 0 Å². The second kappa shape index (κ2) is 8.92. The predicted octanol–water partition coefficient (Wildman–Crippen LogP) is 3.47. The molecular formula is C23H25N5O2. The van der Waals surface area contributed by atoms with Crippen molar-refractivity contribution in [2.45, 2.75) is 25.9 Å².